The number of aryl methyl sites for hydroxylation is 1. The first-order chi connectivity index (χ1) is 15.6. The Labute approximate surface area is 212 Å². The Balaban J connectivity index is 0.00000385. The average Bonchev–Trinajstić information content (AvgIpc) is 3.26. The second-order valence-corrected chi connectivity index (χ2v) is 7.49. The van der Waals surface area contributed by atoms with Gasteiger partial charge in [0, 0.05) is 39.6 Å². The van der Waals surface area contributed by atoms with Crippen LogP contribution in [0.25, 0.3) is 0 Å². The molecule has 2 aromatic carbocycles. The fraction of sp³-hybridized carbons (Fsp3) is 0.375. The molecule has 0 unspecified atom stereocenters. The number of rotatable bonds is 10. The van der Waals surface area contributed by atoms with Crippen LogP contribution >= 0.6 is 24.0 Å². The molecule has 0 aliphatic carbocycles. The SMILES string of the molecule is CCc1nncn1CCNC(=NCCc1ccccc1)N(C)Cc1ccc(OC)c(F)c1.I. The summed E-state index contributed by atoms with van der Waals surface area (Å²) in [6, 6.07) is 15.3. The largest absolute Gasteiger partial charge is 0.494 e. The molecule has 9 heteroatoms. The average molecular weight is 566 g/mol. The predicted octanol–water partition coefficient (Wildman–Crippen LogP) is 3.93. The van der Waals surface area contributed by atoms with Crippen molar-refractivity contribution in [2.75, 3.05) is 27.2 Å². The van der Waals surface area contributed by atoms with Crippen LogP contribution in [0.3, 0.4) is 0 Å². The number of guanidine groups is 1. The van der Waals surface area contributed by atoms with Crippen LogP contribution in [0.5, 0.6) is 5.75 Å². The van der Waals surface area contributed by atoms with Gasteiger partial charge in [-0.25, -0.2) is 4.39 Å². The number of ether oxygens (including phenoxy) is 1. The second-order valence-electron chi connectivity index (χ2n) is 7.49. The van der Waals surface area contributed by atoms with Crippen molar-refractivity contribution in [2.45, 2.75) is 32.9 Å². The third-order valence-electron chi connectivity index (χ3n) is 5.15. The van der Waals surface area contributed by atoms with Gasteiger partial charge in [-0.2, -0.15) is 0 Å². The lowest BCUT2D eigenvalue weighted by Crippen LogP contribution is -2.40. The number of nitrogens with one attached hydrogen (secondary N) is 1. The molecule has 0 aliphatic heterocycles. The van der Waals surface area contributed by atoms with Crippen LogP contribution in [0.4, 0.5) is 4.39 Å². The number of aromatic nitrogens is 3. The monoisotopic (exact) mass is 566 g/mol. The lowest BCUT2D eigenvalue weighted by atomic mass is 10.2. The van der Waals surface area contributed by atoms with Gasteiger partial charge in [-0.3, -0.25) is 4.99 Å². The molecule has 1 N–H and O–H groups in total. The third kappa shape index (κ3) is 7.99. The highest BCUT2D eigenvalue weighted by Gasteiger charge is 2.10. The van der Waals surface area contributed by atoms with Crippen molar-refractivity contribution < 1.29 is 9.13 Å². The fourth-order valence-corrected chi connectivity index (χ4v) is 3.43. The van der Waals surface area contributed by atoms with Gasteiger partial charge in [0.2, 0.25) is 0 Å². The zero-order valence-electron chi connectivity index (χ0n) is 19.4. The zero-order valence-corrected chi connectivity index (χ0v) is 21.7. The van der Waals surface area contributed by atoms with E-state index in [4.69, 9.17) is 9.73 Å². The van der Waals surface area contributed by atoms with Crippen LogP contribution in [0.2, 0.25) is 0 Å². The van der Waals surface area contributed by atoms with Gasteiger partial charge in [0.05, 0.1) is 7.11 Å². The van der Waals surface area contributed by atoms with Crippen molar-refractivity contribution in [1.82, 2.24) is 25.0 Å². The molecule has 0 saturated carbocycles. The normalized spacial score (nSPS) is 11.1. The molecule has 0 fully saturated rings. The molecule has 33 heavy (non-hydrogen) atoms. The Bertz CT molecular complexity index is 1010. The van der Waals surface area contributed by atoms with Gasteiger partial charge in [-0.15, -0.1) is 34.2 Å². The van der Waals surface area contributed by atoms with Crippen LogP contribution in [-0.4, -0.2) is 52.9 Å². The minimum absolute atomic E-state index is 0. The predicted molar refractivity (Wildman–Crippen MR) is 140 cm³/mol. The molecule has 1 aromatic heterocycles. The van der Waals surface area contributed by atoms with E-state index in [1.54, 1.807) is 12.4 Å². The van der Waals surface area contributed by atoms with Crippen LogP contribution in [0.1, 0.15) is 23.9 Å². The number of hydrogen-bond acceptors (Lipinski definition) is 4. The Morgan fingerprint density at radius 1 is 1.18 bits per heavy atom. The van der Waals surface area contributed by atoms with Crippen molar-refractivity contribution in [3.8, 4) is 5.75 Å². The van der Waals surface area contributed by atoms with Crippen LogP contribution in [0, 0.1) is 5.82 Å². The first kappa shape index (κ1) is 26.6. The molecule has 178 valence electrons. The van der Waals surface area contributed by atoms with Crippen LogP contribution in [0.15, 0.2) is 59.9 Å². The van der Waals surface area contributed by atoms with Crippen LogP contribution < -0.4 is 10.1 Å². The molecule has 1 heterocycles. The molecule has 0 saturated heterocycles. The van der Waals surface area contributed by atoms with Gasteiger partial charge in [0.25, 0.3) is 0 Å². The number of halogens is 2. The summed E-state index contributed by atoms with van der Waals surface area (Å²) in [4.78, 5) is 6.80. The minimum atomic E-state index is -0.367. The van der Waals surface area contributed by atoms with E-state index in [2.05, 4.69) is 34.6 Å². The van der Waals surface area contributed by atoms with E-state index in [0.29, 0.717) is 19.6 Å². The van der Waals surface area contributed by atoms with E-state index in [1.807, 2.05) is 40.8 Å². The smallest absolute Gasteiger partial charge is 0.194 e. The van der Waals surface area contributed by atoms with E-state index in [9.17, 15) is 4.39 Å². The standard InChI is InChI=1S/C24H31FN6O.HI/c1-4-23-29-28-18-31(23)15-14-27-24(26-13-12-19-8-6-5-7-9-19)30(2)17-20-10-11-22(32-3)21(25)16-20;/h5-11,16,18H,4,12-15,17H2,1-3H3,(H,26,27);1H. The highest BCUT2D eigenvalue weighted by molar-refractivity contribution is 14.0. The summed E-state index contributed by atoms with van der Waals surface area (Å²) in [6.07, 6.45) is 3.43. The van der Waals surface area contributed by atoms with Gasteiger partial charge < -0.3 is 19.5 Å². The Kier molecular flexibility index (Phi) is 11.1. The molecule has 0 atom stereocenters. The molecule has 0 aliphatic rings. The number of benzene rings is 2. The maximum Gasteiger partial charge on any atom is 0.194 e. The molecule has 3 aromatic rings. The molecule has 0 spiro atoms. The van der Waals surface area contributed by atoms with E-state index in [0.717, 1.165) is 36.7 Å². The quantitative estimate of drug-likeness (QED) is 0.229. The molecular weight excluding hydrogens is 534 g/mol. The number of methoxy groups -OCH3 is 1. The van der Waals surface area contributed by atoms with E-state index < -0.39 is 0 Å². The Morgan fingerprint density at radius 3 is 2.67 bits per heavy atom. The van der Waals surface area contributed by atoms with Gasteiger partial charge in [-0.1, -0.05) is 43.3 Å². The summed E-state index contributed by atoms with van der Waals surface area (Å²) in [6.45, 7) is 4.65. The van der Waals surface area contributed by atoms with Gasteiger partial charge in [-0.05, 0) is 29.7 Å². The lowest BCUT2D eigenvalue weighted by molar-refractivity contribution is 0.385. The summed E-state index contributed by atoms with van der Waals surface area (Å²) < 4.78 is 21.2. The van der Waals surface area contributed by atoms with Crippen molar-refractivity contribution in [3.05, 3.63) is 77.6 Å². The zero-order chi connectivity index (χ0) is 22.8. The van der Waals surface area contributed by atoms with Gasteiger partial charge >= 0.3 is 0 Å². The van der Waals surface area contributed by atoms with Gasteiger partial charge in [0.1, 0.15) is 12.2 Å². The number of hydrogen-bond donors (Lipinski definition) is 1. The van der Waals surface area contributed by atoms with Crippen molar-refractivity contribution in [1.29, 1.82) is 0 Å². The maximum atomic E-state index is 14.1. The highest BCUT2D eigenvalue weighted by atomic mass is 127. The molecule has 0 radical (unpaired) electrons. The molecule has 0 bridgehead atoms. The summed E-state index contributed by atoms with van der Waals surface area (Å²) in [5.41, 5.74) is 2.09. The second kappa shape index (κ2) is 13.8. The lowest BCUT2D eigenvalue weighted by Gasteiger charge is -2.23. The summed E-state index contributed by atoms with van der Waals surface area (Å²) >= 11 is 0. The van der Waals surface area contributed by atoms with Crippen LogP contribution in [-0.2, 0) is 25.9 Å². The molecule has 0 amide bonds. The van der Waals surface area contributed by atoms with Crippen molar-refractivity contribution in [2.24, 2.45) is 4.99 Å². The van der Waals surface area contributed by atoms with E-state index >= 15 is 0 Å². The summed E-state index contributed by atoms with van der Waals surface area (Å²) in [7, 11) is 3.41. The highest BCUT2D eigenvalue weighted by Crippen LogP contribution is 2.18. The fourth-order valence-electron chi connectivity index (χ4n) is 3.43. The number of nitrogens with zero attached hydrogens (tertiary/aromatic N) is 5. The Hall–Kier alpha value is -2.69. The first-order valence-corrected chi connectivity index (χ1v) is 10.8. The summed E-state index contributed by atoms with van der Waals surface area (Å²) in [5.74, 6) is 1.60. The summed E-state index contributed by atoms with van der Waals surface area (Å²) in [5, 5.41) is 11.5. The molecule has 3 rings (SSSR count). The third-order valence-corrected chi connectivity index (χ3v) is 5.15. The number of aliphatic imine (C=N–C) groups is 1. The van der Waals surface area contributed by atoms with Gasteiger partial charge in [0.15, 0.2) is 17.5 Å². The van der Waals surface area contributed by atoms with E-state index in [1.165, 1.54) is 18.7 Å². The Morgan fingerprint density at radius 2 is 1.97 bits per heavy atom. The van der Waals surface area contributed by atoms with E-state index in [-0.39, 0.29) is 35.5 Å². The maximum absolute atomic E-state index is 14.1. The molecule has 7 nitrogen and oxygen atoms in total. The van der Waals surface area contributed by atoms with Crippen molar-refractivity contribution in [3.63, 3.8) is 0 Å². The van der Waals surface area contributed by atoms with Crippen molar-refractivity contribution >= 4 is 29.9 Å². The molecular formula is C24H32FIN6O. The first-order valence-electron chi connectivity index (χ1n) is 10.8. The minimum Gasteiger partial charge on any atom is -0.494 e. The topological polar surface area (TPSA) is 67.6 Å².